The summed E-state index contributed by atoms with van der Waals surface area (Å²) in [6.45, 7) is 0. The molecule has 0 radical (unpaired) electrons. The van der Waals surface area contributed by atoms with E-state index in [0.29, 0.717) is 5.56 Å². The summed E-state index contributed by atoms with van der Waals surface area (Å²) in [5.41, 5.74) is 2.96. The van der Waals surface area contributed by atoms with Crippen LogP contribution in [0.3, 0.4) is 0 Å². The predicted octanol–water partition coefficient (Wildman–Crippen LogP) is 3.02. The number of rotatable bonds is 1. The first-order chi connectivity index (χ1) is 6.90. The van der Waals surface area contributed by atoms with Crippen molar-refractivity contribution in [2.45, 2.75) is 0 Å². The van der Waals surface area contributed by atoms with Gasteiger partial charge in [-0.25, -0.2) is 0 Å². The molecule has 1 nitrogen and oxygen atoms in total. The fourth-order valence-electron chi connectivity index (χ4n) is 1.32. The van der Waals surface area contributed by atoms with E-state index in [1.807, 2.05) is 48.5 Å². The van der Waals surface area contributed by atoms with Gasteiger partial charge in [0.1, 0.15) is 0 Å². The summed E-state index contributed by atoms with van der Waals surface area (Å²) in [6, 6.07) is 20.4. The average Bonchev–Trinajstić information content (AvgIpc) is 2.30. The molecule has 0 N–H and O–H groups in total. The van der Waals surface area contributed by atoms with Crippen molar-refractivity contribution in [2.24, 2.45) is 0 Å². The fraction of sp³-hybridized carbons (Fsp3) is 0. The third-order valence-electron chi connectivity index (χ3n) is 2.07. The molecule has 0 aliphatic carbocycles. The SMILES string of the molecule is N#Cc1ccc(-c2cc[c-]cc2)cc1.[Mo]. The molecule has 0 saturated heterocycles. The van der Waals surface area contributed by atoms with Crippen molar-refractivity contribution >= 4 is 0 Å². The molecule has 0 atom stereocenters. The molecule has 0 heterocycles. The Balaban J connectivity index is 0.00000112. The molecule has 2 aromatic rings. The Morgan fingerprint density at radius 1 is 0.867 bits per heavy atom. The molecule has 0 unspecified atom stereocenters. The van der Waals surface area contributed by atoms with Crippen LogP contribution in [-0.4, -0.2) is 0 Å². The number of hydrogen-bond donors (Lipinski definition) is 0. The van der Waals surface area contributed by atoms with Gasteiger partial charge in [0.2, 0.25) is 0 Å². The number of nitrogens with zero attached hydrogens (tertiary/aromatic N) is 1. The molecule has 0 fully saturated rings. The molecular weight excluding hydrogens is 266 g/mol. The molecule has 0 aliphatic rings. The minimum atomic E-state index is 0. The third kappa shape index (κ3) is 2.78. The van der Waals surface area contributed by atoms with E-state index in [1.54, 1.807) is 0 Å². The van der Waals surface area contributed by atoms with Crippen LogP contribution >= 0.6 is 0 Å². The molecule has 15 heavy (non-hydrogen) atoms. The van der Waals surface area contributed by atoms with E-state index in [1.165, 1.54) is 0 Å². The Morgan fingerprint density at radius 2 is 1.40 bits per heavy atom. The third-order valence-corrected chi connectivity index (χ3v) is 2.07. The molecule has 0 amide bonds. The van der Waals surface area contributed by atoms with Crippen LogP contribution in [0.2, 0.25) is 0 Å². The predicted molar refractivity (Wildman–Crippen MR) is 55.4 cm³/mol. The smallest absolute Gasteiger partial charge is 0.0991 e. The molecule has 0 spiro atoms. The van der Waals surface area contributed by atoms with Gasteiger partial charge in [-0.05, 0) is 17.7 Å². The number of nitriles is 1. The molecular formula is C13H8MoN-. The van der Waals surface area contributed by atoms with Crippen molar-refractivity contribution < 1.29 is 21.1 Å². The zero-order valence-corrected chi connectivity index (χ0v) is 9.98. The molecule has 0 aliphatic heterocycles. The van der Waals surface area contributed by atoms with Gasteiger partial charge in [0.25, 0.3) is 0 Å². The number of benzene rings is 2. The maximum Gasteiger partial charge on any atom is 0.0991 e. The van der Waals surface area contributed by atoms with E-state index in [0.717, 1.165) is 11.1 Å². The summed E-state index contributed by atoms with van der Waals surface area (Å²) in [7, 11) is 0. The molecule has 2 aromatic carbocycles. The van der Waals surface area contributed by atoms with Crippen LogP contribution in [0.25, 0.3) is 11.1 Å². The van der Waals surface area contributed by atoms with Crippen LogP contribution in [-0.2, 0) is 21.1 Å². The van der Waals surface area contributed by atoms with Crippen molar-refractivity contribution in [1.29, 1.82) is 5.26 Å². The van der Waals surface area contributed by atoms with Crippen LogP contribution < -0.4 is 0 Å². The van der Waals surface area contributed by atoms with E-state index in [-0.39, 0.29) is 21.1 Å². The monoisotopic (exact) mass is 276 g/mol. The quantitative estimate of drug-likeness (QED) is 0.579. The van der Waals surface area contributed by atoms with Gasteiger partial charge < -0.3 is 0 Å². The molecule has 2 heteroatoms. The Kier molecular flexibility index (Phi) is 4.28. The zero-order valence-electron chi connectivity index (χ0n) is 7.97. The first-order valence-electron chi connectivity index (χ1n) is 4.37. The second kappa shape index (κ2) is 5.49. The zero-order chi connectivity index (χ0) is 9.80. The van der Waals surface area contributed by atoms with Crippen LogP contribution in [0.15, 0.2) is 48.5 Å². The van der Waals surface area contributed by atoms with Gasteiger partial charge >= 0.3 is 0 Å². The standard InChI is InChI=1S/C13H8N.Mo/c14-10-11-6-8-13(9-7-11)12-4-2-1-3-5-12;/h2-9H;/q-1;. The Bertz CT molecular complexity index is 454. The van der Waals surface area contributed by atoms with Gasteiger partial charge in [0.05, 0.1) is 11.6 Å². The maximum absolute atomic E-state index is 8.64. The molecule has 2 rings (SSSR count). The first-order valence-corrected chi connectivity index (χ1v) is 4.37. The normalized spacial score (nSPS) is 8.73. The van der Waals surface area contributed by atoms with E-state index in [4.69, 9.17) is 5.26 Å². The largest absolute Gasteiger partial charge is 0.192 e. The van der Waals surface area contributed by atoms with Gasteiger partial charge in [-0.2, -0.15) is 35.6 Å². The summed E-state index contributed by atoms with van der Waals surface area (Å²) in [4.78, 5) is 0. The summed E-state index contributed by atoms with van der Waals surface area (Å²) >= 11 is 0. The van der Waals surface area contributed by atoms with Gasteiger partial charge in [-0.1, -0.05) is 12.1 Å². The van der Waals surface area contributed by atoms with Gasteiger partial charge in [0, 0.05) is 21.1 Å². The van der Waals surface area contributed by atoms with Crippen molar-refractivity contribution in [3.63, 3.8) is 0 Å². The minimum absolute atomic E-state index is 0. The first kappa shape index (κ1) is 11.7. The topological polar surface area (TPSA) is 23.8 Å². The van der Waals surface area contributed by atoms with Crippen LogP contribution in [0.4, 0.5) is 0 Å². The van der Waals surface area contributed by atoms with Crippen LogP contribution in [0.5, 0.6) is 0 Å². The van der Waals surface area contributed by atoms with E-state index < -0.39 is 0 Å². The van der Waals surface area contributed by atoms with Crippen LogP contribution in [0.1, 0.15) is 5.56 Å². The second-order valence-corrected chi connectivity index (χ2v) is 2.98. The Morgan fingerprint density at radius 3 is 1.93 bits per heavy atom. The van der Waals surface area contributed by atoms with Crippen molar-refractivity contribution in [3.8, 4) is 17.2 Å². The van der Waals surface area contributed by atoms with E-state index in [9.17, 15) is 0 Å². The van der Waals surface area contributed by atoms with Gasteiger partial charge in [0.15, 0.2) is 0 Å². The summed E-state index contributed by atoms with van der Waals surface area (Å²) in [5, 5.41) is 8.64. The van der Waals surface area contributed by atoms with Crippen molar-refractivity contribution in [3.05, 3.63) is 60.2 Å². The minimum Gasteiger partial charge on any atom is -0.192 e. The average molecular weight is 274 g/mol. The van der Waals surface area contributed by atoms with Crippen molar-refractivity contribution in [1.82, 2.24) is 0 Å². The fourth-order valence-corrected chi connectivity index (χ4v) is 1.32. The molecule has 0 bridgehead atoms. The van der Waals surface area contributed by atoms with E-state index in [2.05, 4.69) is 12.1 Å². The van der Waals surface area contributed by atoms with Gasteiger partial charge in [-0.15, -0.1) is 5.56 Å². The maximum atomic E-state index is 8.64. The summed E-state index contributed by atoms with van der Waals surface area (Å²) in [5.74, 6) is 0. The summed E-state index contributed by atoms with van der Waals surface area (Å²) < 4.78 is 0. The molecule has 72 valence electrons. The second-order valence-electron chi connectivity index (χ2n) is 2.98. The Hall–Kier alpha value is -1.38. The molecule has 0 saturated carbocycles. The number of hydrogen-bond acceptors (Lipinski definition) is 1. The Labute approximate surface area is 104 Å². The van der Waals surface area contributed by atoms with E-state index >= 15 is 0 Å². The van der Waals surface area contributed by atoms with Gasteiger partial charge in [-0.3, -0.25) is 0 Å². The summed E-state index contributed by atoms with van der Waals surface area (Å²) in [6.07, 6.45) is 0. The molecule has 0 aromatic heterocycles. The van der Waals surface area contributed by atoms with Crippen molar-refractivity contribution in [2.75, 3.05) is 0 Å². The van der Waals surface area contributed by atoms with Crippen LogP contribution in [0, 0.1) is 17.4 Å².